The lowest BCUT2D eigenvalue weighted by molar-refractivity contribution is -0.135. The van der Waals surface area contributed by atoms with Gasteiger partial charge in [-0.3, -0.25) is 19.2 Å². The zero-order valence-corrected chi connectivity index (χ0v) is 26.3. The molecule has 2 amide bonds. The van der Waals surface area contributed by atoms with Crippen molar-refractivity contribution in [1.82, 2.24) is 25.5 Å². The number of amides is 2. The topological polar surface area (TPSA) is 130 Å². The molecular weight excluding hydrogens is 558 g/mol. The minimum absolute atomic E-state index is 0.0105. The van der Waals surface area contributed by atoms with Crippen molar-refractivity contribution >= 4 is 46.7 Å². The average molecular weight is 602 g/mol. The first-order valence-electron chi connectivity index (χ1n) is 14.3. The lowest BCUT2D eigenvalue weighted by Crippen LogP contribution is -2.55. The normalized spacial score (nSPS) is 16.4. The lowest BCUT2D eigenvalue weighted by Gasteiger charge is -2.36. The largest absolute Gasteiger partial charge is 0.347 e. The Morgan fingerprint density at radius 1 is 1.07 bits per heavy atom. The number of ketones is 2. The van der Waals surface area contributed by atoms with Crippen LogP contribution in [0, 0.1) is 11.8 Å². The maximum absolute atomic E-state index is 14.0. The molecule has 1 saturated carbocycles. The summed E-state index contributed by atoms with van der Waals surface area (Å²) in [6.07, 6.45) is 5.18. The third-order valence-corrected chi connectivity index (χ3v) is 9.89. The molecule has 0 spiro atoms. The van der Waals surface area contributed by atoms with E-state index in [-0.39, 0.29) is 48.2 Å². The number of thioether (sulfide) groups is 1. The number of hydrogen-bond donors (Lipinski definition) is 3. The molecule has 0 unspecified atom stereocenters. The van der Waals surface area contributed by atoms with Gasteiger partial charge in [0.2, 0.25) is 11.8 Å². The maximum Gasteiger partial charge on any atom is 0.224 e. The first-order chi connectivity index (χ1) is 19.5. The number of carbonyl (C=O) groups excluding carboxylic acids is 4. The van der Waals surface area contributed by atoms with Gasteiger partial charge in [-0.15, -0.1) is 16.9 Å². The molecular formula is C30H43N5O4S2. The van der Waals surface area contributed by atoms with E-state index in [2.05, 4.69) is 25.5 Å². The maximum atomic E-state index is 14.0. The molecule has 1 fully saturated rings. The summed E-state index contributed by atoms with van der Waals surface area (Å²) >= 11 is 2.57. The molecule has 0 saturated heterocycles. The molecule has 1 aliphatic rings. The Bertz CT molecular complexity index is 1180. The Labute approximate surface area is 251 Å². The Morgan fingerprint density at radius 2 is 1.76 bits per heavy atom. The van der Waals surface area contributed by atoms with E-state index in [0.717, 1.165) is 42.5 Å². The number of aromatic nitrogens is 2. The highest BCUT2D eigenvalue weighted by Crippen LogP contribution is 2.35. The molecule has 3 rings (SSSR count). The van der Waals surface area contributed by atoms with Crippen LogP contribution in [0.5, 0.6) is 0 Å². The van der Waals surface area contributed by atoms with Crippen molar-refractivity contribution < 1.29 is 19.2 Å². The number of Topliss-reactive ketones (excluding diaryl/α,β-unsaturated/α-hetero) is 2. The molecule has 3 N–H and O–H groups in total. The van der Waals surface area contributed by atoms with Gasteiger partial charge in [0.15, 0.2) is 5.78 Å². The summed E-state index contributed by atoms with van der Waals surface area (Å²) < 4.78 is 3.36. The molecule has 2 aromatic rings. The van der Waals surface area contributed by atoms with Crippen LogP contribution < -0.4 is 16.0 Å². The minimum atomic E-state index is -0.859. The third kappa shape index (κ3) is 9.44. The average Bonchev–Trinajstić information content (AvgIpc) is 3.42. The van der Waals surface area contributed by atoms with Crippen LogP contribution in [0.1, 0.15) is 71.1 Å². The van der Waals surface area contributed by atoms with E-state index in [4.69, 9.17) is 0 Å². The van der Waals surface area contributed by atoms with Crippen LogP contribution in [0.4, 0.5) is 0 Å². The Kier molecular flexibility index (Phi) is 12.5. The Hall–Kier alpha value is -2.63. The molecule has 41 heavy (non-hydrogen) atoms. The molecule has 0 radical (unpaired) electrons. The molecule has 1 aromatic heterocycles. The molecule has 3 atom stereocenters. The van der Waals surface area contributed by atoms with Crippen LogP contribution in [0.15, 0.2) is 30.3 Å². The van der Waals surface area contributed by atoms with E-state index in [9.17, 15) is 19.2 Å². The van der Waals surface area contributed by atoms with Gasteiger partial charge in [0.25, 0.3) is 0 Å². The van der Waals surface area contributed by atoms with E-state index in [1.165, 1.54) is 30.2 Å². The van der Waals surface area contributed by atoms with Crippen LogP contribution >= 0.6 is 23.3 Å². The van der Waals surface area contributed by atoms with Crippen molar-refractivity contribution in [1.29, 1.82) is 0 Å². The van der Waals surface area contributed by atoms with E-state index in [1.54, 1.807) is 14.0 Å². The number of carbonyl (C=O) groups is 4. The van der Waals surface area contributed by atoms with Gasteiger partial charge in [-0.2, -0.15) is 0 Å². The van der Waals surface area contributed by atoms with Gasteiger partial charge in [-0.1, -0.05) is 54.1 Å². The van der Waals surface area contributed by atoms with E-state index < -0.39 is 16.7 Å². The second kappa shape index (κ2) is 15.6. The van der Waals surface area contributed by atoms with Gasteiger partial charge < -0.3 is 16.0 Å². The molecule has 1 aliphatic carbocycles. The summed E-state index contributed by atoms with van der Waals surface area (Å²) in [5.41, 5.74) is 1.53. The molecule has 1 heterocycles. The van der Waals surface area contributed by atoms with E-state index in [0.29, 0.717) is 11.6 Å². The van der Waals surface area contributed by atoms with E-state index >= 15 is 0 Å². The zero-order valence-electron chi connectivity index (χ0n) is 24.7. The fourth-order valence-corrected chi connectivity index (χ4v) is 6.94. The zero-order chi connectivity index (χ0) is 30.0. The lowest BCUT2D eigenvalue weighted by atomic mass is 9.76. The quantitative estimate of drug-likeness (QED) is 0.260. The predicted octanol–water partition coefficient (Wildman–Crippen LogP) is 4.17. The van der Waals surface area contributed by atoms with Crippen molar-refractivity contribution in [3.8, 4) is 11.3 Å². The summed E-state index contributed by atoms with van der Waals surface area (Å²) in [6.45, 7) is 7.04. The highest BCUT2D eigenvalue weighted by Gasteiger charge is 2.40. The highest BCUT2D eigenvalue weighted by molar-refractivity contribution is 8.00. The van der Waals surface area contributed by atoms with Crippen LogP contribution in [0.2, 0.25) is 0 Å². The minimum Gasteiger partial charge on any atom is -0.347 e. The number of benzene rings is 1. The smallest absolute Gasteiger partial charge is 0.224 e. The van der Waals surface area contributed by atoms with Crippen LogP contribution in [-0.4, -0.2) is 62.7 Å². The van der Waals surface area contributed by atoms with Gasteiger partial charge >= 0.3 is 0 Å². The van der Waals surface area contributed by atoms with Crippen LogP contribution in [0.25, 0.3) is 11.3 Å². The van der Waals surface area contributed by atoms with Gasteiger partial charge in [0.1, 0.15) is 17.5 Å². The summed E-state index contributed by atoms with van der Waals surface area (Å²) in [6, 6.07) is 8.37. The molecule has 1 aromatic carbocycles. The van der Waals surface area contributed by atoms with Gasteiger partial charge in [-0.05, 0) is 58.1 Å². The number of likely N-dealkylation sites (N-methyl/N-ethyl adjacent to an activating group) is 1. The number of nitrogens with one attached hydrogen (secondary N) is 3. The summed E-state index contributed by atoms with van der Waals surface area (Å²) in [5.74, 6) is -0.719. The Morgan fingerprint density at radius 3 is 2.39 bits per heavy atom. The second-order valence-corrected chi connectivity index (χ2v) is 13.8. The monoisotopic (exact) mass is 601 g/mol. The second-order valence-electron chi connectivity index (χ2n) is 11.3. The molecule has 11 heteroatoms. The number of hydrogen-bond acceptors (Lipinski definition) is 9. The first kappa shape index (κ1) is 32.9. The molecule has 224 valence electrons. The number of rotatable bonds is 15. The fourth-order valence-electron chi connectivity index (χ4n) is 5.26. The van der Waals surface area contributed by atoms with Crippen molar-refractivity contribution in [2.24, 2.45) is 11.8 Å². The van der Waals surface area contributed by atoms with Crippen molar-refractivity contribution in [2.75, 3.05) is 12.9 Å². The Balaban J connectivity index is 1.88. The van der Waals surface area contributed by atoms with Gasteiger partial charge in [0.05, 0.1) is 16.8 Å². The van der Waals surface area contributed by atoms with E-state index in [1.807, 2.05) is 44.2 Å². The third-order valence-electron chi connectivity index (χ3n) is 7.90. The van der Waals surface area contributed by atoms with Gasteiger partial charge in [-0.25, -0.2) is 0 Å². The summed E-state index contributed by atoms with van der Waals surface area (Å²) in [4.78, 5) is 53.2. The summed E-state index contributed by atoms with van der Waals surface area (Å²) in [7, 11) is 1.74. The highest BCUT2D eigenvalue weighted by atomic mass is 32.2. The fraction of sp³-hybridized carbons (Fsp3) is 0.600. The van der Waals surface area contributed by atoms with Gasteiger partial charge in [0, 0.05) is 36.0 Å². The predicted molar refractivity (Wildman–Crippen MR) is 165 cm³/mol. The van der Waals surface area contributed by atoms with Crippen LogP contribution in [0.3, 0.4) is 0 Å². The standard InChI is InChI=1S/C30H43N5O4S2/c1-19(31-5)24(37)16-23(21-12-8-6-9-13-21)29(39)33-28(30(3,4)40-18-32-20(2)36)25(38)17-26-27(34-35-41-26)22-14-10-7-11-15-22/h7,10-11,14-15,19,21,23,28,31H,6,8-9,12-13,16-18H2,1-5H3,(H,32,36)(H,33,39)/t19-,23-,28+/m0/s1. The first-order valence-corrected chi connectivity index (χ1v) is 16.1. The number of nitrogens with zero attached hydrogens (tertiary/aromatic N) is 2. The molecule has 9 nitrogen and oxygen atoms in total. The molecule has 0 bridgehead atoms. The van der Waals surface area contributed by atoms with Crippen molar-refractivity contribution in [3.05, 3.63) is 35.2 Å². The van der Waals surface area contributed by atoms with Crippen molar-refractivity contribution in [3.63, 3.8) is 0 Å². The van der Waals surface area contributed by atoms with Crippen molar-refractivity contribution in [2.45, 2.75) is 89.5 Å². The summed E-state index contributed by atoms with van der Waals surface area (Å²) in [5, 5.41) is 13.1. The SMILES string of the molecule is CN[C@@H](C)C(=O)C[C@H](C(=O)N[C@H](C(=O)Cc1snnc1-c1ccccc1)C(C)(C)SCNC(C)=O)C1CCCCC1. The van der Waals surface area contributed by atoms with Crippen LogP contribution in [-0.2, 0) is 25.6 Å². The molecule has 0 aliphatic heterocycles.